The fourth-order valence-corrected chi connectivity index (χ4v) is 5.32. The molecule has 2 aliphatic heterocycles. The van der Waals surface area contributed by atoms with E-state index in [2.05, 4.69) is 77.4 Å². The molecular weight excluding hydrogens is 478 g/mol. The Kier molecular flexibility index (Phi) is 10.8. The number of anilines is 2. The number of hydrogen-bond donors (Lipinski definition) is 1. The van der Waals surface area contributed by atoms with Gasteiger partial charge in [-0.1, -0.05) is 0 Å². The van der Waals surface area contributed by atoms with Crippen LogP contribution in [0.15, 0.2) is 24.3 Å². The van der Waals surface area contributed by atoms with Crippen molar-refractivity contribution in [2.24, 2.45) is 0 Å². The number of ether oxygens (including phenoxy) is 3. The maximum atomic E-state index is 6.17. The Labute approximate surface area is 229 Å². The van der Waals surface area contributed by atoms with Gasteiger partial charge in [0, 0.05) is 49.0 Å². The monoisotopic (exact) mass is 527 g/mol. The van der Waals surface area contributed by atoms with Crippen LogP contribution in [0.1, 0.15) is 25.7 Å². The number of benzene rings is 2. The minimum Gasteiger partial charge on any atom is -0.493 e. The Morgan fingerprint density at radius 1 is 0.842 bits per heavy atom. The molecule has 0 aromatic heterocycles. The summed E-state index contributed by atoms with van der Waals surface area (Å²) >= 11 is 0. The molecule has 2 aromatic carbocycles. The van der Waals surface area contributed by atoms with Crippen molar-refractivity contribution in [1.29, 1.82) is 0 Å². The molecule has 2 heterocycles. The molecule has 0 amide bonds. The molecule has 8 heteroatoms. The highest BCUT2D eigenvalue weighted by molar-refractivity contribution is 5.99. The molecule has 38 heavy (non-hydrogen) atoms. The fraction of sp³-hybridized carbons (Fsp3) is 0.667. The number of nitrogens with one attached hydrogen (secondary N) is 1. The number of rotatable bonds is 11. The van der Waals surface area contributed by atoms with E-state index in [9.17, 15) is 0 Å². The Morgan fingerprint density at radius 3 is 2.37 bits per heavy atom. The number of likely N-dealkylation sites (N-methyl/N-ethyl adjacent to an activating group) is 2. The fourth-order valence-electron chi connectivity index (χ4n) is 5.32. The Balaban J connectivity index is 1.59. The van der Waals surface area contributed by atoms with Gasteiger partial charge in [0.1, 0.15) is 6.61 Å². The first kappa shape index (κ1) is 28.7. The van der Waals surface area contributed by atoms with Crippen LogP contribution in [-0.2, 0) is 4.74 Å². The number of methoxy groups -OCH3 is 1. The van der Waals surface area contributed by atoms with Crippen LogP contribution in [0, 0.1) is 0 Å². The zero-order valence-corrected chi connectivity index (χ0v) is 24.3. The van der Waals surface area contributed by atoms with E-state index >= 15 is 0 Å². The summed E-state index contributed by atoms with van der Waals surface area (Å²) in [6.07, 6.45) is 4.77. The summed E-state index contributed by atoms with van der Waals surface area (Å²) in [5.41, 5.74) is 2.48. The van der Waals surface area contributed by atoms with E-state index in [1.807, 2.05) is 0 Å². The maximum absolute atomic E-state index is 6.17. The van der Waals surface area contributed by atoms with Crippen molar-refractivity contribution in [2.45, 2.75) is 31.7 Å². The molecule has 4 rings (SSSR count). The lowest BCUT2D eigenvalue weighted by molar-refractivity contribution is 0.0881. The second-order valence-electron chi connectivity index (χ2n) is 11.2. The average molecular weight is 528 g/mol. The van der Waals surface area contributed by atoms with E-state index < -0.39 is 0 Å². The molecule has 0 aliphatic carbocycles. The molecule has 8 nitrogen and oxygen atoms in total. The van der Waals surface area contributed by atoms with Crippen LogP contribution in [0.2, 0.25) is 0 Å². The largest absolute Gasteiger partial charge is 0.493 e. The first-order valence-electron chi connectivity index (χ1n) is 14.3. The Morgan fingerprint density at radius 2 is 1.61 bits per heavy atom. The first-order valence-corrected chi connectivity index (χ1v) is 14.3. The van der Waals surface area contributed by atoms with E-state index in [1.165, 1.54) is 41.5 Å². The van der Waals surface area contributed by atoms with Gasteiger partial charge in [-0.3, -0.25) is 0 Å². The van der Waals surface area contributed by atoms with Gasteiger partial charge >= 0.3 is 0 Å². The third-order valence-corrected chi connectivity index (χ3v) is 7.80. The predicted octanol–water partition coefficient (Wildman–Crippen LogP) is 3.84. The standard InChI is InChI=1S/C30H49N5O3/c1-32(2)16-17-37-18-19-38-30-21-24-20-26(35-11-7-6-10-33(3)14-15-35)22-28(27(24)23-29(30)36-5)31-25-8-12-34(4)13-9-25/h20-23,25,31H,6-19H2,1-5H3. The summed E-state index contributed by atoms with van der Waals surface area (Å²) in [4.78, 5) is 9.53. The summed E-state index contributed by atoms with van der Waals surface area (Å²) in [7, 11) is 10.3. The highest BCUT2D eigenvalue weighted by atomic mass is 16.5. The van der Waals surface area contributed by atoms with Crippen LogP contribution in [0.3, 0.4) is 0 Å². The quantitative estimate of drug-likeness (QED) is 0.443. The highest BCUT2D eigenvalue weighted by Crippen LogP contribution is 2.39. The third-order valence-electron chi connectivity index (χ3n) is 7.80. The van der Waals surface area contributed by atoms with Crippen molar-refractivity contribution in [3.8, 4) is 11.5 Å². The molecule has 2 aromatic rings. The summed E-state index contributed by atoms with van der Waals surface area (Å²) < 4.78 is 17.7. The number of nitrogens with zero attached hydrogens (tertiary/aromatic N) is 4. The third kappa shape index (κ3) is 8.12. The molecule has 2 fully saturated rings. The van der Waals surface area contributed by atoms with E-state index in [-0.39, 0.29) is 0 Å². The topological polar surface area (TPSA) is 52.7 Å². The van der Waals surface area contributed by atoms with Gasteiger partial charge in [0.15, 0.2) is 11.5 Å². The van der Waals surface area contributed by atoms with Crippen molar-refractivity contribution < 1.29 is 14.2 Å². The molecule has 0 atom stereocenters. The highest BCUT2D eigenvalue weighted by Gasteiger charge is 2.20. The van der Waals surface area contributed by atoms with Crippen LogP contribution in [0.5, 0.6) is 11.5 Å². The van der Waals surface area contributed by atoms with E-state index in [0.29, 0.717) is 25.9 Å². The number of likely N-dealkylation sites (tertiary alicyclic amines) is 1. The maximum Gasteiger partial charge on any atom is 0.161 e. The molecule has 0 radical (unpaired) electrons. The second-order valence-corrected chi connectivity index (χ2v) is 11.2. The average Bonchev–Trinajstić information content (AvgIpc) is 2.89. The predicted molar refractivity (Wildman–Crippen MR) is 158 cm³/mol. The van der Waals surface area contributed by atoms with Crippen molar-refractivity contribution in [2.75, 3.05) is 111 Å². The van der Waals surface area contributed by atoms with Crippen LogP contribution in [0.25, 0.3) is 10.8 Å². The lowest BCUT2D eigenvalue weighted by Crippen LogP contribution is -2.37. The second kappa shape index (κ2) is 14.2. The number of piperidine rings is 1. The molecule has 0 saturated carbocycles. The molecule has 0 unspecified atom stereocenters. The summed E-state index contributed by atoms with van der Waals surface area (Å²) in [5.74, 6) is 1.53. The SMILES string of the molecule is COc1cc2c(NC3CCN(C)CC3)cc(N3CCCCN(C)CC3)cc2cc1OCCOCCN(C)C. The first-order chi connectivity index (χ1) is 18.4. The van der Waals surface area contributed by atoms with Crippen molar-refractivity contribution in [1.82, 2.24) is 14.7 Å². The molecular formula is C30H49N5O3. The smallest absolute Gasteiger partial charge is 0.161 e. The molecule has 2 aliphatic rings. The van der Waals surface area contributed by atoms with E-state index in [1.54, 1.807) is 7.11 Å². The van der Waals surface area contributed by atoms with Gasteiger partial charge < -0.3 is 39.1 Å². The minimum absolute atomic E-state index is 0.476. The van der Waals surface area contributed by atoms with Crippen LogP contribution >= 0.6 is 0 Å². The molecule has 0 spiro atoms. The van der Waals surface area contributed by atoms with Crippen LogP contribution < -0.4 is 19.7 Å². The van der Waals surface area contributed by atoms with Gasteiger partial charge in [0.2, 0.25) is 0 Å². The number of fused-ring (bicyclic) bond motifs is 1. The van der Waals surface area contributed by atoms with Gasteiger partial charge in [0.25, 0.3) is 0 Å². The van der Waals surface area contributed by atoms with Crippen molar-refractivity contribution in [3.63, 3.8) is 0 Å². The van der Waals surface area contributed by atoms with E-state index in [0.717, 1.165) is 63.6 Å². The normalized spacial score (nSPS) is 18.5. The van der Waals surface area contributed by atoms with E-state index in [4.69, 9.17) is 14.2 Å². The van der Waals surface area contributed by atoms with Crippen LogP contribution in [-0.4, -0.2) is 122 Å². The van der Waals surface area contributed by atoms with Crippen LogP contribution in [0.4, 0.5) is 11.4 Å². The lowest BCUT2D eigenvalue weighted by Gasteiger charge is -2.33. The minimum atomic E-state index is 0.476. The molecule has 2 saturated heterocycles. The van der Waals surface area contributed by atoms with Crippen molar-refractivity contribution in [3.05, 3.63) is 24.3 Å². The molecule has 1 N–H and O–H groups in total. The Hall–Kier alpha value is -2.26. The number of hydrogen-bond acceptors (Lipinski definition) is 8. The van der Waals surface area contributed by atoms with Crippen molar-refractivity contribution >= 4 is 22.1 Å². The summed E-state index contributed by atoms with van der Waals surface area (Å²) in [6.45, 7) is 9.32. The molecule has 212 valence electrons. The zero-order valence-electron chi connectivity index (χ0n) is 24.3. The van der Waals surface area contributed by atoms with Gasteiger partial charge in [-0.25, -0.2) is 0 Å². The van der Waals surface area contributed by atoms with Gasteiger partial charge in [-0.2, -0.15) is 0 Å². The Bertz CT molecular complexity index is 1010. The lowest BCUT2D eigenvalue weighted by atomic mass is 10.0. The van der Waals surface area contributed by atoms with Gasteiger partial charge in [0.05, 0.1) is 20.3 Å². The summed E-state index contributed by atoms with van der Waals surface area (Å²) in [6, 6.07) is 9.45. The van der Waals surface area contributed by atoms with Gasteiger partial charge in [-0.15, -0.1) is 0 Å². The zero-order chi connectivity index (χ0) is 26.9. The molecule has 0 bridgehead atoms. The van der Waals surface area contributed by atoms with Gasteiger partial charge in [-0.05, 0) is 103 Å². The summed E-state index contributed by atoms with van der Waals surface area (Å²) in [5, 5.41) is 6.28.